The molecule has 2 aromatic rings. The highest BCUT2D eigenvalue weighted by molar-refractivity contribution is 6.30. The summed E-state index contributed by atoms with van der Waals surface area (Å²) in [4.78, 5) is 23.7. The van der Waals surface area contributed by atoms with Crippen LogP contribution < -0.4 is 15.6 Å². The summed E-state index contributed by atoms with van der Waals surface area (Å²) < 4.78 is 10.6. The van der Waals surface area contributed by atoms with Crippen molar-refractivity contribution in [3.05, 3.63) is 52.4 Å². The third-order valence-corrected chi connectivity index (χ3v) is 3.35. The first-order valence-electron chi connectivity index (χ1n) is 6.95. The zero-order valence-corrected chi connectivity index (χ0v) is 13.7. The minimum atomic E-state index is -0.800. The first-order valence-corrected chi connectivity index (χ1v) is 7.33. The minimum absolute atomic E-state index is 0.100. The van der Waals surface area contributed by atoms with Crippen LogP contribution in [0.5, 0.6) is 5.75 Å². The van der Waals surface area contributed by atoms with E-state index in [-0.39, 0.29) is 5.76 Å². The van der Waals surface area contributed by atoms with E-state index in [0.717, 1.165) is 11.1 Å². The molecule has 2 N–H and O–H groups in total. The average molecular weight is 337 g/mol. The van der Waals surface area contributed by atoms with Gasteiger partial charge < -0.3 is 9.15 Å². The molecule has 122 valence electrons. The Kier molecular flexibility index (Phi) is 5.28. The van der Waals surface area contributed by atoms with Gasteiger partial charge in [-0.05, 0) is 56.2 Å². The summed E-state index contributed by atoms with van der Waals surface area (Å²) in [7, 11) is 0. The molecule has 0 aliphatic rings. The lowest BCUT2D eigenvalue weighted by Gasteiger charge is -2.18. The lowest BCUT2D eigenvalue weighted by atomic mass is 10.1. The normalized spacial score (nSPS) is 11.7. The quantitative estimate of drug-likeness (QED) is 0.841. The number of hydrazine groups is 1. The molecule has 0 bridgehead atoms. The third kappa shape index (κ3) is 4.26. The van der Waals surface area contributed by atoms with Gasteiger partial charge in [0.2, 0.25) is 0 Å². The van der Waals surface area contributed by atoms with E-state index in [1.165, 1.54) is 12.3 Å². The van der Waals surface area contributed by atoms with Crippen LogP contribution in [0.15, 0.2) is 34.9 Å². The number of hydrogen-bond donors (Lipinski definition) is 2. The van der Waals surface area contributed by atoms with Crippen LogP contribution in [0, 0.1) is 13.8 Å². The van der Waals surface area contributed by atoms with Gasteiger partial charge in [-0.3, -0.25) is 20.4 Å². The monoisotopic (exact) mass is 336 g/mol. The largest absolute Gasteiger partial charge is 0.480 e. The average Bonchev–Trinajstić information content (AvgIpc) is 3.02. The standard InChI is InChI=1S/C16H17ClN2O4/c1-9-7-12(17)8-10(2)14(9)23-11(3)15(20)18-19-16(21)13-5-4-6-22-13/h4-8,11H,1-3H3,(H,18,20)(H,19,21)/t11-/m1/s1. The summed E-state index contributed by atoms with van der Waals surface area (Å²) >= 11 is 5.96. The maximum absolute atomic E-state index is 12.0. The highest BCUT2D eigenvalue weighted by Crippen LogP contribution is 2.27. The number of furan rings is 1. The minimum Gasteiger partial charge on any atom is -0.480 e. The van der Waals surface area contributed by atoms with Crippen LogP contribution in [0.25, 0.3) is 0 Å². The van der Waals surface area contributed by atoms with Crippen LogP contribution in [0.4, 0.5) is 0 Å². The van der Waals surface area contributed by atoms with Crippen molar-refractivity contribution >= 4 is 23.4 Å². The fourth-order valence-electron chi connectivity index (χ4n) is 2.00. The number of benzene rings is 1. The number of hydrogen-bond acceptors (Lipinski definition) is 4. The van der Waals surface area contributed by atoms with E-state index in [9.17, 15) is 9.59 Å². The van der Waals surface area contributed by atoms with Crippen LogP contribution >= 0.6 is 11.6 Å². The van der Waals surface area contributed by atoms with Crippen LogP contribution in [-0.4, -0.2) is 17.9 Å². The molecule has 23 heavy (non-hydrogen) atoms. The van der Waals surface area contributed by atoms with E-state index in [0.29, 0.717) is 10.8 Å². The van der Waals surface area contributed by atoms with Crippen molar-refractivity contribution in [2.45, 2.75) is 26.9 Å². The Morgan fingerprint density at radius 2 is 1.87 bits per heavy atom. The van der Waals surface area contributed by atoms with E-state index in [1.807, 2.05) is 13.8 Å². The van der Waals surface area contributed by atoms with Crippen molar-refractivity contribution in [1.82, 2.24) is 10.9 Å². The molecular weight excluding hydrogens is 320 g/mol. The molecule has 0 fully saturated rings. The zero-order valence-electron chi connectivity index (χ0n) is 13.0. The van der Waals surface area contributed by atoms with Gasteiger partial charge in [-0.25, -0.2) is 0 Å². The first kappa shape index (κ1) is 16.9. The molecule has 1 atom stereocenters. The molecular formula is C16H17ClN2O4. The summed E-state index contributed by atoms with van der Waals surface area (Å²) in [5.41, 5.74) is 6.20. The lowest BCUT2D eigenvalue weighted by Crippen LogP contribution is -2.47. The maximum atomic E-state index is 12.0. The molecule has 0 saturated heterocycles. The van der Waals surface area contributed by atoms with E-state index in [2.05, 4.69) is 10.9 Å². The molecule has 2 rings (SSSR count). The van der Waals surface area contributed by atoms with E-state index in [1.54, 1.807) is 25.1 Å². The Balaban J connectivity index is 1.94. The van der Waals surface area contributed by atoms with Crippen molar-refractivity contribution in [3.8, 4) is 5.75 Å². The molecule has 1 aromatic heterocycles. The molecule has 0 unspecified atom stereocenters. The zero-order chi connectivity index (χ0) is 17.0. The van der Waals surface area contributed by atoms with Crippen LogP contribution in [0.1, 0.15) is 28.6 Å². The van der Waals surface area contributed by atoms with Crippen LogP contribution in [0.3, 0.4) is 0 Å². The molecule has 6 nitrogen and oxygen atoms in total. The van der Waals surface area contributed by atoms with Crippen molar-refractivity contribution < 1.29 is 18.7 Å². The van der Waals surface area contributed by atoms with Gasteiger partial charge in [0, 0.05) is 5.02 Å². The number of halogens is 1. The highest BCUT2D eigenvalue weighted by atomic mass is 35.5. The molecule has 0 spiro atoms. The van der Waals surface area contributed by atoms with Gasteiger partial charge >= 0.3 is 5.91 Å². The predicted molar refractivity (Wildman–Crippen MR) is 85.3 cm³/mol. The van der Waals surface area contributed by atoms with Crippen molar-refractivity contribution in [3.63, 3.8) is 0 Å². The Bertz CT molecular complexity index is 690. The van der Waals surface area contributed by atoms with Gasteiger partial charge in [0.15, 0.2) is 11.9 Å². The highest BCUT2D eigenvalue weighted by Gasteiger charge is 2.18. The van der Waals surface area contributed by atoms with Crippen molar-refractivity contribution in [1.29, 1.82) is 0 Å². The van der Waals surface area contributed by atoms with Crippen LogP contribution in [-0.2, 0) is 4.79 Å². The first-order chi connectivity index (χ1) is 10.9. The predicted octanol–water partition coefficient (Wildman–Crippen LogP) is 2.78. The van der Waals surface area contributed by atoms with Gasteiger partial charge in [0.1, 0.15) is 5.75 Å². The Hall–Kier alpha value is -2.47. The number of aryl methyl sites for hydroxylation is 2. The summed E-state index contributed by atoms with van der Waals surface area (Å²) in [5.74, 6) is -0.342. The Morgan fingerprint density at radius 3 is 2.43 bits per heavy atom. The van der Waals surface area contributed by atoms with Crippen LogP contribution in [0.2, 0.25) is 5.02 Å². The van der Waals surface area contributed by atoms with Crippen molar-refractivity contribution in [2.24, 2.45) is 0 Å². The number of nitrogens with one attached hydrogen (secondary N) is 2. The number of amides is 2. The molecule has 2 amide bonds. The number of carbonyl (C=O) groups excluding carboxylic acids is 2. The second-order valence-electron chi connectivity index (χ2n) is 5.05. The molecule has 0 saturated carbocycles. The second-order valence-corrected chi connectivity index (χ2v) is 5.49. The fourth-order valence-corrected chi connectivity index (χ4v) is 2.33. The maximum Gasteiger partial charge on any atom is 0.305 e. The summed E-state index contributed by atoms with van der Waals surface area (Å²) in [5, 5.41) is 0.607. The molecule has 1 heterocycles. The second kappa shape index (κ2) is 7.19. The molecule has 1 aromatic carbocycles. The number of ether oxygens (including phenoxy) is 1. The number of rotatable bonds is 4. The number of carbonyl (C=O) groups is 2. The lowest BCUT2D eigenvalue weighted by molar-refractivity contribution is -0.128. The van der Waals surface area contributed by atoms with E-state index >= 15 is 0 Å². The van der Waals surface area contributed by atoms with Gasteiger partial charge in [-0.1, -0.05) is 11.6 Å². The molecule has 0 aliphatic carbocycles. The summed E-state index contributed by atoms with van der Waals surface area (Å²) in [6.45, 7) is 5.27. The Morgan fingerprint density at radius 1 is 1.22 bits per heavy atom. The molecule has 7 heteroatoms. The van der Waals surface area contributed by atoms with Gasteiger partial charge in [-0.2, -0.15) is 0 Å². The Labute approximate surface area is 138 Å². The van der Waals surface area contributed by atoms with E-state index < -0.39 is 17.9 Å². The van der Waals surface area contributed by atoms with Gasteiger partial charge in [0.05, 0.1) is 6.26 Å². The van der Waals surface area contributed by atoms with Gasteiger partial charge in [-0.15, -0.1) is 0 Å². The topological polar surface area (TPSA) is 80.6 Å². The van der Waals surface area contributed by atoms with E-state index in [4.69, 9.17) is 20.8 Å². The third-order valence-electron chi connectivity index (χ3n) is 3.13. The fraction of sp³-hybridized carbons (Fsp3) is 0.250. The molecule has 0 aliphatic heterocycles. The van der Waals surface area contributed by atoms with Crippen molar-refractivity contribution in [2.75, 3.05) is 0 Å². The summed E-state index contributed by atoms with van der Waals surface area (Å²) in [6.07, 6.45) is 0.569. The summed E-state index contributed by atoms with van der Waals surface area (Å²) in [6, 6.07) is 6.58. The SMILES string of the molecule is Cc1cc(Cl)cc(C)c1O[C@H](C)C(=O)NNC(=O)c1ccco1. The smallest absolute Gasteiger partial charge is 0.305 e. The molecule has 0 radical (unpaired) electrons. The van der Waals surface area contributed by atoms with Gasteiger partial charge in [0.25, 0.3) is 5.91 Å².